The number of benzene rings is 1. The fraction of sp³-hybridized carbons (Fsp3) is 0. The number of nitrogens with two attached hydrogens (primary N) is 1. The molecule has 0 fully saturated rings. The molecule has 14 heavy (non-hydrogen) atoms. The molecule has 1 aromatic heterocycles. The van der Waals surface area contributed by atoms with E-state index < -0.39 is 5.97 Å². The van der Waals surface area contributed by atoms with Gasteiger partial charge in [0, 0.05) is 17.2 Å². The van der Waals surface area contributed by atoms with Crippen molar-refractivity contribution >= 4 is 34.3 Å². The summed E-state index contributed by atoms with van der Waals surface area (Å²) < 4.78 is 1.06. The van der Waals surface area contributed by atoms with E-state index in [9.17, 15) is 4.79 Å². The van der Waals surface area contributed by atoms with E-state index in [0.29, 0.717) is 10.9 Å². The van der Waals surface area contributed by atoms with E-state index in [1.807, 2.05) is 0 Å². The number of hydrogen-bond donors (Lipinski definition) is 2. The van der Waals surface area contributed by atoms with Gasteiger partial charge in [0.1, 0.15) is 0 Å². The third kappa shape index (κ3) is 1.04. The highest BCUT2D eigenvalue weighted by atomic mass is 35.5. The number of aromatic nitrogens is 1. The molecule has 0 saturated carbocycles. The van der Waals surface area contributed by atoms with E-state index in [0.717, 1.165) is 4.09 Å². The lowest BCUT2D eigenvalue weighted by Gasteiger charge is -1.94. The molecule has 4 nitrogen and oxygen atoms in total. The van der Waals surface area contributed by atoms with E-state index in [1.165, 1.54) is 0 Å². The molecular formula is C9H7ClN2O2. The molecule has 2 rings (SSSR count). The van der Waals surface area contributed by atoms with Crippen molar-refractivity contribution in [2.75, 3.05) is 5.73 Å². The number of carboxylic acid groups (broad SMARTS) is 1. The molecule has 0 radical (unpaired) electrons. The maximum Gasteiger partial charge on any atom is 0.356 e. The Morgan fingerprint density at radius 2 is 2.07 bits per heavy atom. The van der Waals surface area contributed by atoms with Crippen molar-refractivity contribution in [3.05, 3.63) is 30.0 Å². The van der Waals surface area contributed by atoms with Gasteiger partial charge in [0.15, 0.2) is 5.69 Å². The fourth-order valence-corrected chi connectivity index (χ4v) is 1.74. The first kappa shape index (κ1) is 8.90. The zero-order valence-corrected chi connectivity index (χ0v) is 7.82. The molecule has 0 atom stereocenters. The summed E-state index contributed by atoms with van der Waals surface area (Å²) in [5.74, 6) is -1.13. The second-order valence-electron chi connectivity index (χ2n) is 2.87. The third-order valence-electron chi connectivity index (χ3n) is 2.06. The lowest BCUT2D eigenvalue weighted by molar-refractivity contribution is 0.0691. The van der Waals surface area contributed by atoms with Gasteiger partial charge in [-0.15, -0.1) is 0 Å². The molecule has 0 spiro atoms. The molecule has 0 bridgehead atoms. The molecule has 72 valence electrons. The van der Waals surface area contributed by atoms with Crippen LogP contribution >= 0.6 is 11.8 Å². The number of carbonyl (C=O) groups is 1. The quantitative estimate of drug-likeness (QED) is 0.756. The average Bonchev–Trinajstić information content (AvgIpc) is 2.41. The lowest BCUT2D eigenvalue weighted by Crippen LogP contribution is -2.04. The van der Waals surface area contributed by atoms with Crippen LogP contribution in [0.25, 0.3) is 10.9 Å². The van der Waals surface area contributed by atoms with Gasteiger partial charge in [0.25, 0.3) is 0 Å². The number of carboxylic acids is 1. The van der Waals surface area contributed by atoms with E-state index >= 15 is 0 Å². The smallest absolute Gasteiger partial charge is 0.356 e. The van der Waals surface area contributed by atoms with E-state index in [1.54, 1.807) is 24.3 Å². The Morgan fingerprint density at radius 1 is 1.43 bits per heavy atom. The molecule has 0 aliphatic carbocycles. The second-order valence-corrected chi connectivity index (χ2v) is 3.20. The van der Waals surface area contributed by atoms with Gasteiger partial charge in [-0.3, -0.25) is 0 Å². The SMILES string of the molecule is Nc1c(C(=O)O)n(Cl)c2ccccc12. The minimum absolute atomic E-state index is 0.0899. The lowest BCUT2D eigenvalue weighted by atomic mass is 10.2. The predicted octanol–water partition coefficient (Wildman–Crippen LogP) is 1.92. The monoisotopic (exact) mass is 210 g/mol. The Hall–Kier alpha value is -1.68. The first-order valence-electron chi connectivity index (χ1n) is 3.91. The molecule has 0 amide bonds. The Labute approximate surface area is 84.6 Å². The first-order chi connectivity index (χ1) is 6.63. The standard InChI is InChI=1S/C9H7ClN2O2/c10-12-6-4-2-1-3-5(6)7(11)8(12)9(13)14/h1-4H,11H2,(H,13,14). The zero-order chi connectivity index (χ0) is 10.3. The van der Waals surface area contributed by atoms with E-state index in [-0.39, 0.29) is 11.4 Å². The predicted molar refractivity (Wildman–Crippen MR) is 54.6 cm³/mol. The van der Waals surface area contributed by atoms with Gasteiger partial charge in [-0.05, 0) is 6.07 Å². The number of anilines is 1. The van der Waals surface area contributed by atoms with Crippen molar-refractivity contribution in [2.45, 2.75) is 0 Å². The molecule has 1 heterocycles. The van der Waals surface area contributed by atoms with Crippen molar-refractivity contribution in [1.29, 1.82) is 0 Å². The largest absolute Gasteiger partial charge is 0.476 e. The average molecular weight is 211 g/mol. The minimum Gasteiger partial charge on any atom is -0.476 e. The Kier molecular flexibility index (Phi) is 1.86. The molecule has 2 aromatic rings. The van der Waals surface area contributed by atoms with Gasteiger partial charge >= 0.3 is 5.97 Å². The highest BCUT2D eigenvalue weighted by molar-refractivity contribution is 6.24. The molecule has 1 aromatic carbocycles. The van der Waals surface area contributed by atoms with E-state index in [4.69, 9.17) is 22.6 Å². The van der Waals surface area contributed by atoms with Crippen LogP contribution in [0, 0.1) is 0 Å². The zero-order valence-electron chi connectivity index (χ0n) is 7.07. The van der Waals surface area contributed by atoms with Gasteiger partial charge in [-0.25, -0.2) is 8.88 Å². The summed E-state index contributed by atoms with van der Waals surface area (Å²) in [6, 6.07) is 6.99. The maximum atomic E-state index is 10.8. The van der Waals surface area contributed by atoms with Crippen molar-refractivity contribution in [3.8, 4) is 0 Å². The summed E-state index contributed by atoms with van der Waals surface area (Å²) >= 11 is 5.81. The van der Waals surface area contributed by atoms with Gasteiger partial charge in [-0.1, -0.05) is 18.2 Å². The molecule has 3 N–H and O–H groups in total. The van der Waals surface area contributed by atoms with Gasteiger partial charge < -0.3 is 10.8 Å². The third-order valence-corrected chi connectivity index (χ3v) is 2.41. The first-order valence-corrected chi connectivity index (χ1v) is 4.25. The van der Waals surface area contributed by atoms with Crippen LogP contribution in [0.4, 0.5) is 5.69 Å². The van der Waals surface area contributed by atoms with Crippen LogP contribution in [0.15, 0.2) is 24.3 Å². The van der Waals surface area contributed by atoms with Crippen LogP contribution < -0.4 is 5.73 Å². The molecule has 0 aliphatic heterocycles. The van der Waals surface area contributed by atoms with Gasteiger partial charge in [0.05, 0.1) is 11.2 Å². The van der Waals surface area contributed by atoms with Crippen LogP contribution in [0.1, 0.15) is 10.5 Å². The molecule has 5 heteroatoms. The Bertz CT molecular complexity index is 480. The number of hydrogen-bond acceptors (Lipinski definition) is 2. The normalized spacial score (nSPS) is 10.6. The Morgan fingerprint density at radius 3 is 2.64 bits per heavy atom. The fourth-order valence-electron chi connectivity index (χ4n) is 1.43. The van der Waals surface area contributed by atoms with E-state index in [2.05, 4.69) is 0 Å². The van der Waals surface area contributed by atoms with Crippen molar-refractivity contribution in [3.63, 3.8) is 0 Å². The second kappa shape index (κ2) is 2.92. The minimum atomic E-state index is -1.13. The summed E-state index contributed by atoms with van der Waals surface area (Å²) in [6.07, 6.45) is 0. The molecule has 0 aliphatic rings. The van der Waals surface area contributed by atoms with Crippen molar-refractivity contribution < 1.29 is 9.90 Å². The number of rotatable bonds is 1. The number of aromatic carboxylic acids is 1. The van der Waals surface area contributed by atoms with Crippen LogP contribution in [-0.2, 0) is 0 Å². The molecule has 0 unspecified atom stereocenters. The summed E-state index contributed by atoms with van der Waals surface area (Å²) in [5.41, 5.74) is 6.36. The number of nitrogens with zero attached hydrogens (tertiary/aromatic N) is 1. The number of nitrogen functional groups attached to an aromatic ring is 1. The van der Waals surface area contributed by atoms with Gasteiger partial charge in [0.2, 0.25) is 0 Å². The van der Waals surface area contributed by atoms with Crippen LogP contribution in [0.3, 0.4) is 0 Å². The highest BCUT2D eigenvalue weighted by Gasteiger charge is 2.18. The van der Waals surface area contributed by atoms with Crippen molar-refractivity contribution in [1.82, 2.24) is 4.09 Å². The topological polar surface area (TPSA) is 68.2 Å². The number of fused-ring (bicyclic) bond motifs is 1. The number of halogens is 1. The highest BCUT2D eigenvalue weighted by Crippen LogP contribution is 2.29. The summed E-state index contributed by atoms with van der Waals surface area (Å²) in [6.45, 7) is 0. The van der Waals surface area contributed by atoms with Crippen LogP contribution in [-0.4, -0.2) is 15.2 Å². The van der Waals surface area contributed by atoms with Crippen LogP contribution in [0.2, 0.25) is 0 Å². The maximum absolute atomic E-state index is 10.8. The summed E-state index contributed by atoms with van der Waals surface area (Å²) in [7, 11) is 0. The molecular weight excluding hydrogens is 204 g/mol. The summed E-state index contributed by atoms with van der Waals surface area (Å²) in [5, 5.41) is 9.51. The van der Waals surface area contributed by atoms with Crippen LogP contribution in [0.5, 0.6) is 0 Å². The molecule has 0 saturated heterocycles. The Balaban J connectivity index is 2.92. The number of para-hydroxylation sites is 1. The van der Waals surface area contributed by atoms with Crippen molar-refractivity contribution in [2.24, 2.45) is 0 Å². The summed E-state index contributed by atoms with van der Waals surface area (Å²) in [4.78, 5) is 10.8. The van der Waals surface area contributed by atoms with Gasteiger partial charge in [-0.2, -0.15) is 0 Å².